The van der Waals surface area contributed by atoms with Crippen molar-refractivity contribution in [3.63, 3.8) is 0 Å². The van der Waals surface area contributed by atoms with E-state index in [1.165, 1.54) is 18.2 Å². The number of carbonyl (C=O) groups excluding carboxylic acids is 2. The molecule has 0 unspecified atom stereocenters. The molecule has 1 aliphatic rings. The highest BCUT2D eigenvalue weighted by Gasteiger charge is 2.37. The maximum atomic E-state index is 12.7. The summed E-state index contributed by atoms with van der Waals surface area (Å²) in [4.78, 5) is 24.2. The molecule has 0 aliphatic heterocycles. The van der Waals surface area contributed by atoms with E-state index in [9.17, 15) is 9.59 Å². The molecule has 0 bridgehead atoms. The molecule has 0 N–H and O–H groups in total. The van der Waals surface area contributed by atoms with Crippen molar-refractivity contribution >= 4 is 11.8 Å². The third kappa shape index (κ3) is 3.96. The minimum Gasteiger partial charge on any atom is -0.485 e. The largest absolute Gasteiger partial charge is 0.485 e. The normalized spacial score (nSPS) is 16.8. The van der Waals surface area contributed by atoms with Crippen LogP contribution in [0.15, 0.2) is 42.5 Å². The van der Waals surface area contributed by atoms with Gasteiger partial charge in [-0.15, -0.1) is 0 Å². The summed E-state index contributed by atoms with van der Waals surface area (Å²) in [5.41, 5.74) is 3.91. The number of hydrogen-bond acceptors (Lipinski definition) is 4. The van der Waals surface area contributed by atoms with Crippen molar-refractivity contribution in [3.05, 3.63) is 64.7 Å². The van der Waals surface area contributed by atoms with Crippen LogP contribution < -0.4 is 4.74 Å². The average molecular weight is 380 g/mol. The number of ether oxygens (including phenoxy) is 2. The minimum atomic E-state index is -0.401. The molecule has 0 atom stereocenters. The van der Waals surface area contributed by atoms with E-state index >= 15 is 0 Å². The predicted octanol–water partition coefficient (Wildman–Crippen LogP) is 5.08. The smallest absolute Gasteiger partial charge is 0.337 e. The molecule has 0 amide bonds. The van der Waals surface area contributed by atoms with Crippen LogP contribution in [0.2, 0.25) is 0 Å². The Balaban J connectivity index is 1.74. The van der Waals surface area contributed by atoms with Crippen LogP contribution in [0, 0.1) is 0 Å². The van der Waals surface area contributed by atoms with E-state index in [1.807, 2.05) is 12.1 Å². The van der Waals surface area contributed by atoms with E-state index in [2.05, 4.69) is 38.5 Å². The summed E-state index contributed by atoms with van der Waals surface area (Å²) in [6, 6.07) is 12.6. The first-order chi connectivity index (χ1) is 13.1. The summed E-state index contributed by atoms with van der Waals surface area (Å²) in [6.07, 6.45) is 2.25. The number of rotatable bonds is 5. The Labute approximate surface area is 166 Å². The van der Waals surface area contributed by atoms with Crippen molar-refractivity contribution in [1.82, 2.24) is 0 Å². The van der Waals surface area contributed by atoms with E-state index in [1.54, 1.807) is 24.3 Å². The molecule has 148 valence electrons. The molecular formula is C24H28O4. The third-order valence-corrected chi connectivity index (χ3v) is 5.82. The van der Waals surface area contributed by atoms with E-state index in [0.717, 1.165) is 12.8 Å². The van der Waals surface area contributed by atoms with Gasteiger partial charge in [-0.3, -0.25) is 4.79 Å². The monoisotopic (exact) mass is 380 g/mol. The molecule has 0 saturated heterocycles. The lowest BCUT2D eigenvalue weighted by atomic mass is 9.63. The van der Waals surface area contributed by atoms with Gasteiger partial charge in [0.1, 0.15) is 5.75 Å². The molecule has 0 saturated carbocycles. The molecule has 4 nitrogen and oxygen atoms in total. The van der Waals surface area contributed by atoms with Crippen molar-refractivity contribution in [1.29, 1.82) is 0 Å². The van der Waals surface area contributed by atoms with Crippen LogP contribution in [0.4, 0.5) is 0 Å². The van der Waals surface area contributed by atoms with Gasteiger partial charge in [0.15, 0.2) is 12.4 Å². The van der Waals surface area contributed by atoms with Crippen LogP contribution in [0.5, 0.6) is 5.75 Å². The van der Waals surface area contributed by atoms with E-state index in [4.69, 9.17) is 4.74 Å². The van der Waals surface area contributed by atoms with Crippen molar-refractivity contribution < 1.29 is 19.1 Å². The molecular weight excluding hydrogens is 352 g/mol. The Morgan fingerprint density at radius 3 is 2.04 bits per heavy atom. The molecule has 2 aromatic rings. The van der Waals surface area contributed by atoms with Gasteiger partial charge in [0, 0.05) is 5.56 Å². The molecule has 1 aliphatic carbocycles. The second-order valence-electron chi connectivity index (χ2n) is 8.76. The summed E-state index contributed by atoms with van der Waals surface area (Å²) >= 11 is 0. The van der Waals surface area contributed by atoms with Crippen molar-refractivity contribution in [3.8, 4) is 5.75 Å². The molecule has 4 heteroatoms. The fraction of sp³-hybridized carbons (Fsp3) is 0.417. The van der Waals surface area contributed by atoms with Crippen LogP contribution in [-0.4, -0.2) is 25.5 Å². The second-order valence-corrected chi connectivity index (χ2v) is 8.76. The number of carbonyl (C=O) groups is 2. The van der Waals surface area contributed by atoms with Crippen LogP contribution in [-0.2, 0) is 15.6 Å². The highest BCUT2D eigenvalue weighted by molar-refractivity contribution is 5.97. The quantitative estimate of drug-likeness (QED) is 0.536. The number of Topliss-reactive ketones (excluding diaryl/α,β-unsaturated/α-hetero) is 1. The first-order valence-corrected chi connectivity index (χ1v) is 9.63. The summed E-state index contributed by atoms with van der Waals surface area (Å²) in [7, 11) is 1.34. The topological polar surface area (TPSA) is 52.6 Å². The molecule has 2 aromatic carbocycles. The SMILES string of the molecule is COC(=O)c1ccc(OCC(=O)c2ccc3c(c2)C(C)(C)CCC3(C)C)cc1. The lowest BCUT2D eigenvalue weighted by Crippen LogP contribution is -2.34. The van der Waals surface area contributed by atoms with E-state index in [0.29, 0.717) is 16.9 Å². The molecule has 0 radical (unpaired) electrons. The predicted molar refractivity (Wildman–Crippen MR) is 109 cm³/mol. The third-order valence-electron chi connectivity index (χ3n) is 5.82. The first kappa shape index (κ1) is 20.1. The van der Waals surface area contributed by atoms with Crippen LogP contribution in [0.25, 0.3) is 0 Å². The number of ketones is 1. The highest BCUT2D eigenvalue weighted by Crippen LogP contribution is 2.45. The number of benzene rings is 2. The lowest BCUT2D eigenvalue weighted by Gasteiger charge is -2.42. The fourth-order valence-corrected chi connectivity index (χ4v) is 3.80. The molecule has 0 fully saturated rings. The Bertz CT molecular complexity index is 891. The number of esters is 1. The maximum Gasteiger partial charge on any atom is 0.337 e. The lowest BCUT2D eigenvalue weighted by molar-refractivity contribution is 0.0600. The molecule has 3 rings (SSSR count). The van der Waals surface area contributed by atoms with Crippen molar-refractivity contribution in [2.75, 3.05) is 13.7 Å². The highest BCUT2D eigenvalue weighted by atomic mass is 16.5. The Morgan fingerprint density at radius 1 is 0.857 bits per heavy atom. The first-order valence-electron chi connectivity index (χ1n) is 9.63. The van der Waals surface area contributed by atoms with Gasteiger partial charge in [0.25, 0.3) is 0 Å². The van der Waals surface area contributed by atoms with Crippen LogP contribution >= 0.6 is 0 Å². The molecule has 28 heavy (non-hydrogen) atoms. The van der Waals surface area contributed by atoms with Gasteiger partial charge >= 0.3 is 5.97 Å². The van der Waals surface area contributed by atoms with Gasteiger partial charge in [-0.1, -0.05) is 39.8 Å². The van der Waals surface area contributed by atoms with Gasteiger partial charge in [0.05, 0.1) is 12.7 Å². The minimum absolute atomic E-state index is 0.0415. The van der Waals surface area contributed by atoms with E-state index < -0.39 is 5.97 Å². The van der Waals surface area contributed by atoms with Crippen LogP contribution in [0.1, 0.15) is 72.4 Å². The Kier molecular flexibility index (Phi) is 5.33. The summed E-state index contributed by atoms with van der Waals surface area (Å²) < 4.78 is 10.3. The average Bonchev–Trinajstić information content (AvgIpc) is 2.69. The van der Waals surface area contributed by atoms with Gasteiger partial charge in [-0.25, -0.2) is 4.79 Å². The maximum absolute atomic E-state index is 12.7. The van der Waals surface area contributed by atoms with Crippen molar-refractivity contribution in [2.24, 2.45) is 0 Å². The summed E-state index contributed by atoms with van der Waals surface area (Å²) in [5.74, 6) is 0.0849. The zero-order valence-electron chi connectivity index (χ0n) is 17.3. The fourth-order valence-electron chi connectivity index (χ4n) is 3.80. The zero-order valence-corrected chi connectivity index (χ0v) is 17.3. The van der Waals surface area contributed by atoms with Crippen molar-refractivity contribution in [2.45, 2.75) is 51.4 Å². The van der Waals surface area contributed by atoms with Gasteiger partial charge in [-0.2, -0.15) is 0 Å². The number of methoxy groups -OCH3 is 1. The standard InChI is InChI=1S/C24H28O4/c1-23(2)12-13-24(3,4)20-14-17(8-11-19(20)23)21(25)15-28-18-9-6-16(7-10-18)22(26)27-5/h6-11,14H,12-13,15H2,1-5H3. The zero-order chi connectivity index (χ0) is 20.5. The molecule has 0 spiro atoms. The Morgan fingerprint density at radius 2 is 1.43 bits per heavy atom. The summed E-state index contributed by atoms with van der Waals surface area (Å²) in [6.45, 7) is 8.98. The van der Waals surface area contributed by atoms with Gasteiger partial charge in [-0.05, 0) is 65.1 Å². The second kappa shape index (κ2) is 7.42. The van der Waals surface area contributed by atoms with E-state index in [-0.39, 0.29) is 23.2 Å². The molecule has 0 heterocycles. The molecule has 0 aromatic heterocycles. The van der Waals surface area contributed by atoms with Gasteiger partial charge in [0.2, 0.25) is 0 Å². The van der Waals surface area contributed by atoms with Gasteiger partial charge < -0.3 is 9.47 Å². The number of fused-ring (bicyclic) bond motifs is 1. The van der Waals surface area contributed by atoms with Crippen LogP contribution in [0.3, 0.4) is 0 Å². The number of hydrogen-bond donors (Lipinski definition) is 0. The Hall–Kier alpha value is -2.62. The summed E-state index contributed by atoms with van der Waals surface area (Å²) in [5, 5.41) is 0.